The SMILES string of the molecule is N#C[C@@H](C[C@H]1CCCNC1=O)NC(=O)[C@H]1[C@H]2CC[C@H](CC2(F)F)N1C(=O)[C@H](O)c1ccccc1. The number of piperidine rings is 3. The number of aliphatic hydroxyl groups excluding tert-OH is 1. The molecule has 2 bridgehead atoms. The van der Waals surface area contributed by atoms with Crippen molar-refractivity contribution in [2.75, 3.05) is 6.54 Å². The Bertz CT molecular complexity index is 983. The van der Waals surface area contributed by atoms with Gasteiger partial charge in [0.2, 0.25) is 11.8 Å². The third kappa shape index (κ3) is 4.62. The molecule has 6 atom stereocenters. The average Bonchev–Trinajstić information content (AvgIpc) is 2.83. The molecule has 4 aliphatic rings. The zero-order valence-corrected chi connectivity index (χ0v) is 18.6. The van der Waals surface area contributed by atoms with E-state index in [2.05, 4.69) is 10.6 Å². The van der Waals surface area contributed by atoms with E-state index in [9.17, 15) is 33.5 Å². The maximum Gasteiger partial charge on any atom is 0.256 e. The highest BCUT2D eigenvalue weighted by Gasteiger charge is 2.61. The highest BCUT2D eigenvalue weighted by Crippen LogP contribution is 2.49. The Morgan fingerprint density at radius 2 is 2.00 bits per heavy atom. The molecule has 3 aliphatic heterocycles. The lowest BCUT2D eigenvalue weighted by molar-refractivity contribution is -0.198. The van der Waals surface area contributed by atoms with Crippen LogP contribution < -0.4 is 10.6 Å². The fraction of sp³-hybridized carbons (Fsp3) is 0.583. The van der Waals surface area contributed by atoms with Gasteiger partial charge in [-0.25, -0.2) is 8.78 Å². The Labute approximate surface area is 196 Å². The van der Waals surface area contributed by atoms with Crippen LogP contribution in [0.4, 0.5) is 8.78 Å². The second kappa shape index (κ2) is 9.66. The van der Waals surface area contributed by atoms with Gasteiger partial charge in [-0.1, -0.05) is 30.3 Å². The number of benzene rings is 1. The van der Waals surface area contributed by atoms with Crippen molar-refractivity contribution >= 4 is 17.7 Å². The van der Waals surface area contributed by atoms with Crippen LogP contribution in [0.3, 0.4) is 0 Å². The van der Waals surface area contributed by atoms with Gasteiger partial charge in [0.05, 0.1) is 12.0 Å². The molecule has 5 rings (SSSR count). The fourth-order valence-corrected chi connectivity index (χ4v) is 5.49. The smallest absolute Gasteiger partial charge is 0.256 e. The molecule has 0 aromatic heterocycles. The number of aliphatic hydroxyl groups is 1. The monoisotopic (exact) mass is 474 g/mol. The lowest BCUT2D eigenvalue weighted by Crippen LogP contribution is -2.69. The Balaban J connectivity index is 1.56. The Morgan fingerprint density at radius 1 is 1.26 bits per heavy atom. The maximum atomic E-state index is 14.8. The number of nitrogens with one attached hydrogen (secondary N) is 2. The number of hydrogen-bond acceptors (Lipinski definition) is 5. The third-order valence-corrected chi connectivity index (χ3v) is 7.20. The van der Waals surface area contributed by atoms with Crippen molar-refractivity contribution in [3.63, 3.8) is 0 Å². The number of carbonyl (C=O) groups excluding carboxylic acids is 3. The first-order chi connectivity index (χ1) is 16.2. The van der Waals surface area contributed by atoms with E-state index in [0.29, 0.717) is 24.9 Å². The largest absolute Gasteiger partial charge is 0.378 e. The van der Waals surface area contributed by atoms with Crippen LogP contribution in [-0.2, 0) is 14.4 Å². The van der Waals surface area contributed by atoms with Crippen molar-refractivity contribution < 1.29 is 28.3 Å². The van der Waals surface area contributed by atoms with Crippen molar-refractivity contribution in [3.8, 4) is 6.07 Å². The lowest BCUT2D eigenvalue weighted by atomic mass is 9.71. The molecule has 34 heavy (non-hydrogen) atoms. The number of nitriles is 1. The second-order valence-corrected chi connectivity index (χ2v) is 9.36. The fourth-order valence-electron chi connectivity index (χ4n) is 5.49. The molecule has 3 heterocycles. The number of alkyl halides is 2. The van der Waals surface area contributed by atoms with Crippen LogP contribution in [-0.4, -0.2) is 58.3 Å². The molecule has 8 nitrogen and oxygen atoms in total. The predicted octanol–water partition coefficient (Wildman–Crippen LogP) is 1.66. The highest BCUT2D eigenvalue weighted by molar-refractivity contribution is 5.91. The minimum Gasteiger partial charge on any atom is -0.378 e. The molecule has 1 aromatic carbocycles. The van der Waals surface area contributed by atoms with Gasteiger partial charge in [-0.2, -0.15) is 5.26 Å². The van der Waals surface area contributed by atoms with Gasteiger partial charge in [0.15, 0.2) is 6.10 Å². The minimum absolute atomic E-state index is 0.0587. The van der Waals surface area contributed by atoms with Crippen LogP contribution in [0.15, 0.2) is 30.3 Å². The Morgan fingerprint density at radius 3 is 2.65 bits per heavy atom. The first-order valence-electron chi connectivity index (χ1n) is 11.6. The van der Waals surface area contributed by atoms with Gasteiger partial charge in [0.1, 0.15) is 12.1 Å². The zero-order chi connectivity index (χ0) is 24.5. The Kier molecular flexibility index (Phi) is 6.84. The number of rotatable bonds is 6. The summed E-state index contributed by atoms with van der Waals surface area (Å²) in [6.07, 6.45) is -0.419. The third-order valence-electron chi connectivity index (χ3n) is 7.20. The summed E-state index contributed by atoms with van der Waals surface area (Å²) in [6.45, 7) is 0.556. The van der Waals surface area contributed by atoms with Crippen LogP contribution >= 0.6 is 0 Å². The van der Waals surface area contributed by atoms with Crippen molar-refractivity contribution in [2.24, 2.45) is 11.8 Å². The van der Waals surface area contributed by atoms with E-state index in [4.69, 9.17) is 0 Å². The van der Waals surface area contributed by atoms with Crippen molar-refractivity contribution in [1.29, 1.82) is 5.26 Å². The molecule has 0 unspecified atom stereocenters. The van der Waals surface area contributed by atoms with Crippen molar-refractivity contribution in [1.82, 2.24) is 15.5 Å². The molecule has 0 spiro atoms. The molecule has 1 saturated carbocycles. The average molecular weight is 475 g/mol. The first-order valence-corrected chi connectivity index (χ1v) is 11.6. The van der Waals surface area contributed by atoms with Gasteiger partial charge >= 0.3 is 0 Å². The predicted molar refractivity (Wildman–Crippen MR) is 116 cm³/mol. The highest BCUT2D eigenvalue weighted by atomic mass is 19.3. The van der Waals surface area contributed by atoms with Gasteiger partial charge < -0.3 is 20.6 Å². The molecule has 3 saturated heterocycles. The number of carbonyl (C=O) groups is 3. The van der Waals surface area contributed by atoms with Crippen LogP contribution in [0.25, 0.3) is 0 Å². The molecular formula is C24H28F2N4O4. The summed E-state index contributed by atoms with van der Waals surface area (Å²) < 4.78 is 29.6. The van der Waals surface area contributed by atoms with Gasteiger partial charge in [-0.05, 0) is 37.7 Å². The minimum atomic E-state index is -3.15. The summed E-state index contributed by atoms with van der Waals surface area (Å²) in [5.74, 6) is -6.89. The number of halogens is 2. The normalized spacial score (nSPS) is 29.5. The number of fused-ring (bicyclic) bond motifs is 3. The van der Waals surface area contributed by atoms with E-state index in [0.717, 1.165) is 11.3 Å². The summed E-state index contributed by atoms with van der Waals surface area (Å²) in [5, 5.41) is 25.5. The van der Waals surface area contributed by atoms with E-state index in [1.165, 1.54) is 0 Å². The van der Waals surface area contributed by atoms with Gasteiger partial charge in [0.25, 0.3) is 11.8 Å². The van der Waals surface area contributed by atoms with Gasteiger partial charge in [0, 0.05) is 24.9 Å². The Hall–Kier alpha value is -3.06. The summed E-state index contributed by atoms with van der Waals surface area (Å²) in [6, 6.07) is 6.58. The van der Waals surface area contributed by atoms with Gasteiger partial charge in [-0.3, -0.25) is 14.4 Å². The molecule has 1 aromatic rings. The van der Waals surface area contributed by atoms with Gasteiger partial charge in [-0.15, -0.1) is 0 Å². The van der Waals surface area contributed by atoms with E-state index in [1.807, 2.05) is 6.07 Å². The van der Waals surface area contributed by atoms with Crippen LogP contribution in [0.2, 0.25) is 0 Å². The molecule has 0 radical (unpaired) electrons. The number of nitrogens with zero attached hydrogens (tertiary/aromatic N) is 2. The topological polar surface area (TPSA) is 123 Å². The molecule has 3 N–H and O–H groups in total. The zero-order valence-electron chi connectivity index (χ0n) is 18.6. The summed E-state index contributed by atoms with van der Waals surface area (Å²) in [5.41, 5.74) is 0.304. The molecule has 3 amide bonds. The summed E-state index contributed by atoms with van der Waals surface area (Å²) >= 11 is 0. The summed E-state index contributed by atoms with van der Waals surface area (Å²) in [7, 11) is 0. The lowest BCUT2D eigenvalue weighted by Gasteiger charge is -2.54. The van der Waals surface area contributed by atoms with Crippen molar-refractivity contribution in [3.05, 3.63) is 35.9 Å². The first kappa shape index (κ1) is 24.1. The van der Waals surface area contributed by atoms with E-state index < -0.39 is 60.2 Å². The van der Waals surface area contributed by atoms with Crippen LogP contribution in [0, 0.1) is 23.2 Å². The molecule has 182 valence electrons. The molecular weight excluding hydrogens is 446 g/mol. The standard InChI is InChI=1S/C24H28F2N4O4/c25-24(26)12-17-8-9-18(24)19(30(17)23(34)20(31)14-5-2-1-3-6-14)22(33)29-16(13-27)11-15-7-4-10-28-21(15)32/h1-3,5-6,15-20,31H,4,7-12H2,(H,28,32)(H,29,33)/t15-,16-,17-,18-,19-,20-/m1/s1. The van der Waals surface area contributed by atoms with Crippen LogP contribution in [0.5, 0.6) is 0 Å². The molecule has 4 fully saturated rings. The maximum absolute atomic E-state index is 14.8. The van der Waals surface area contributed by atoms with E-state index >= 15 is 0 Å². The van der Waals surface area contributed by atoms with Crippen LogP contribution in [0.1, 0.15) is 50.2 Å². The summed E-state index contributed by atoms with van der Waals surface area (Å²) in [4.78, 5) is 39.7. The quantitative estimate of drug-likeness (QED) is 0.579. The van der Waals surface area contributed by atoms with E-state index in [-0.39, 0.29) is 18.7 Å². The molecule has 1 aliphatic carbocycles. The second-order valence-electron chi connectivity index (χ2n) is 9.36. The molecule has 10 heteroatoms. The van der Waals surface area contributed by atoms with E-state index in [1.54, 1.807) is 30.3 Å². The number of hydrogen-bond donors (Lipinski definition) is 3. The number of amides is 3. The van der Waals surface area contributed by atoms with Crippen molar-refractivity contribution in [2.45, 2.75) is 68.7 Å².